The number of thioether (sulfide) groups is 1. The Balaban J connectivity index is 1.60. The second kappa shape index (κ2) is 5.72. The molecule has 0 spiro atoms. The number of nitrogens with one attached hydrogen (secondary N) is 1. The van der Waals surface area contributed by atoms with Crippen molar-refractivity contribution in [3.8, 4) is 0 Å². The first-order chi connectivity index (χ1) is 8.92. The number of pyridine rings is 1. The summed E-state index contributed by atoms with van der Waals surface area (Å²) in [7, 11) is 0. The van der Waals surface area contributed by atoms with Crippen molar-refractivity contribution in [1.29, 1.82) is 0 Å². The van der Waals surface area contributed by atoms with E-state index in [0.29, 0.717) is 0 Å². The Labute approximate surface area is 112 Å². The van der Waals surface area contributed by atoms with Gasteiger partial charge in [0.25, 0.3) is 0 Å². The van der Waals surface area contributed by atoms with Crippen LogP contribution in [0.1, 0.15) is 18.4 Å². The summed E-state index contributed by atoms with van der Waals surface area (Å²) in [4.78, 5) is 4.34. The molecule has 1 saturated heterocycles. The average molecular weight is 258 g/mol. The SMILES string of the molecule is c1cnc2ccc(CNCC3CCCS3)cc2c1. The number of rotatable bonds is 4. The molecule has 1 unspecified atom stereocenters. The van der Waals surface area contributed by atoms with Crippen LogP contribution in [0.4, 0.5) is 0 Å². The largest absolute Gasteiger partial charge is 0.312 e. The lowest BCUT2D eigenvalue weighted by Crippen LogP contribution is -2.22. The van der Waals surface area contributed by atoms with E-state index >= 15 is 0 Å². The Hall–Kier alpha value is -1.06. The summed E-state index contributed by atoms with van der Waals surface area (Å²) in [6, 6.07) is 10.6. The molecule has 1 fully saturated rings. The Bertz CT molecular complexity index is 521. The Kier molecular flexibility index (Phi) is 3.81. The Morgan fingerprint density at radius 3 is 3.22 bits per heavy atom. The fourth-order valence-corrected chi connectivity index (χ4v) is 3.65. The van der Waals surface area contributed by atoms with Gasteiger partial charge in [0, 0.05) is 29.9 Å². The van der Waals surface area contributed by atoms with E-state index in [-0.39, 0.29) is 0 Å². The fraction of sp³-hybridized carbons (Fsp3) is 0.400. The summed E-state index contributed by atoms with van der Waals surface area (Å²) in [5, 5.41) is 5.62. The zero-order valence-corrected chi connectivity index (χ0v) is 11.2. The summed E-state index contributed by atoms with van der Waals surface area (Å²) in [6.07, 6.45) is 4.61. The lowest BCUT2D eigenvalue weighted by Gasteiger charge is -2.10. The molecule has 3 heteroatoms. The van der Waals surface area contributed by atoms with E-state index in [4.69, 9.17) is 0 Å². The van der Waals surface area contributed by atoms with Crippen LogP contribution in [0.2, 0.25) is 0 Å². The summed E-state index contributed by atoms with van der Waals surface area (Å²) in [5.74, 6) is 1.34. The number of hydrogen-bond acceptors (Lipinski definition) is 3. The molecule has 2 nitrogen and oxygen atoms in total. The van der Waals surface area contributed by atoms with Gasteiger partial charge in [-0.1, -0.05) is 12.1 Å². The minimum absolute atomic E-state index is 0.826. The van der Waals surface area contributed by atoms with Gasteiger partial charge < -0.3 is 5.32 Å². The fourth-order valence-electron chi connectivity index (χ4n) is 2.42. The number of benzene rings is 1. The average Bonchev–Trinajstić information content (AvgIpc) is 2.92. The second-order valence-electron chi connectivity index (χ2n) is 4.80. The number of nitrogens with zero attached hydrogens (tertiary/aromatic N) is 1. The van der Waals surface area contributed by atoms with Crippen LogP contribution in [-0.4, -0.2) is 22.5 Å². The lowest BCUT2D eigenvalue weighted by atomic mass is 10.1. The maximum Gasteiger partial charge on any atom is 0.0702 e. The van der Waals surface area contributed by atoms with Gasteiger partial charge in [-0.25, -0.2) is 0 Å². The van der Waals surface area contributed by atoms with Gasteiger partial charge in [-0.15, -0.1) is 0 Å². The molecule has 0 radical (unpaired) electrons. The van der Waals surface area contributed by atoms with Crippen LogP contribution in [0.15, 0.2) is 36.5 Å². The highest BCUT2D eigenvalue weighted by molar-refractivity contribution is 8.00. The van der Waals surface area contributed by atoms with Gasteiger partial charge in [0.15, 0.2) is 0 Å². The number of fused-ring (bicyclic) bond motifs is 1. The van der Waals surface area contributed by atoms with E-state index in [1.165, 1.54) is 29.5 Å². The molecule has 1 aliphatic heterocycles. The normalized spacial score (nSPS) is 19.4. The van der Waals surface area contributed by atoms with Crippen molar-refractivity contribution in [1.82, 2.24) is 10.3 Å². The topological polar surface area (TPSA) is 24.9 Å². The maximum absolute atomic E-state index is 4.34. The van der Waals surface area contributed by atoms with Crippen LogP contribution in [0, 0.1) is 0 Å². The minimum atomic E-state index is 0.826. The van der Waals surface area contributed by atoms with Gasteiger partial charge in [-0.2, -0.15) is 11.8 Å². The van der Waals surface area contributed by atoms with Gasteiger partial charge >= 0.3 is 0 Å². The van der Waals surface area contributed by atoms with E-state index < -0.39 is 0 Å². The van der Waals surface area contributed by atoms with E-state index in [1.807, 2.05) is 12.3 Å². The molecule has 1 aromatic carbocycles. The van der Waals surface area contributed by atoms with Crippen molar-refractivity contribution >= 4 is 22.7 Å². The van der Waals surface area contributed by atoms with E-state index in [9.17, 15) is 0 Å². The monoisotopic (exact) mass is 258 g/mol. The first kappa shape index (κ1) is 12.0. The molecule has 2 aromatic rings. The second-order valence-corrected chi connectivity index (χ2v) is 6.20. The van der Waals surface area contributed by atoms with Crippen LogP contribution < -0.4 is 5.32 Å². The molecule has 1 N–H and O–H groups in total. The van der Waals surface area contributed by atoms with Gasteiger partial charge in [0.2, 0.25) is 0 Å². The maximum atomic E-state index is 4.34. The number of aromatic nitrogens is 1. The molecule has 3 rings (SSSR count). The summed E-state index contributed by atoms with van der Waals surface area (Å²) < 4.78 is 0. The van der Waals surface area contributed by atoms with Crippen LogP contribution in [0.5, 0.6) is 0 Å². The van der Waals surface area contributed by atoms with Gasteiger partial charge in [-0.05, 0) is 42.4 Å². The summed E-state index contributed by atoms with van der Waals surface area (Å²) in [6.45, 7) is 2.09. The van der Waals surface area contributed by atoms with Crippen molar-refractivity contribution in [2.24, 2.45) is 0 Å². The van der Waals surface area contributed by atoms with E-state index in [0.717, 1.165) is 23.9 Å². The molecule has 0 saturated carbocycles. The Morgan fingerprint density at radius 2 is 2.33 bits per heavy atom. The van der Waals surface area contributed by atoms with Crippen molar-refractivity contribution in [2.75, 3.05) is 12.3 Å². The van der Waals surface area contributed by atoms with Crippen LogP contribution >= 0.6 is 11.8 Å². The lowest BCUT2D eigenvalue weighted by molar-refractivity contribution is 0.646. The van der Waals surface area contributed by atoms with Crippen LogP contribution in [-0.2, 0) is 6.54 Å². The summed E-state index contributed by atoms with van der Waals surface area (Å²) in [5.41, 5.74) is 2.42. The standard InChI is InChI=1S/C15H18N2S/c1-3-13-9-12(5-6-15(13)17-7-1)10-16-11-14-4-2-8-18-14/h1,3,5-7,9,14,16H,2,4,8,10-11H2. The quantitative estimate of drug-likeness (QED) is 0.911. The van der Waals surface area contributed by atoms with Crippen LogP contribution in [0.25, 0.3) is 10.9 Å². The van der Waals surface area contributed by atoms with E-state index in [2.05, 4.69) is 46.3 Å². The minimum Gasteiger partial charge on any atom is -0.312 e. The van der Waals surface area contributed by atoms with Crippen molar-refractivity contribution < 1.29 is 0 Å². The van der Waals surface area contributed by atoms with Crippen molar-refractivity contribution in [3.05, 3.63) is 42.1 Å². The van der Waals surface area contributed by atoms with Crippen molar-refractivity contribution in [3.63, 3.8) is 0 Å². The molecular formula is C15H18N2S. The molecule has 1 atom stereocenters. The molecule has 1 aliphatic rings. The predicted molar refractivity (Wildman–Crippen MR) is 78.9 cm³/mol. The van der Waals surface area contributed by atoms with Crippen molar-refractivity contribution in [2.45, 2.75) is 24.6 Å². The van der Waals surface area contributed by atoms with Crippen LogP contribution in [0.3, 0.4) is 0 Å². The molecule has 0 aliphatic carbocycles. The third kappa shape index (κ3) is 2.85. The molecular weight excluding hydrogens is 240 g/mol. The number of hydrogen-bond donors (Lipinski definition) is 1. The Morgan fingerprint density at radius 1 is 1.33 bits per heavy atom. The summed E-state index contributed by atoms with van der Waals surface area (Å²) >= 11 is 2.11. The zero-order chi connectivity index (χ0) is 12.2. The molecule has 1 aromatic heterocycles. The molecule has 0 bridgehead atoms. The highest BCUT2D eigenvalue weighted by Crippen LogP contribution is 2.25. The third-order valence-electron chi connectivity index (χ3n) is 3.39. The van der Waals surface area contributed by atoms with E-state index in [1.54, 1.807) is 0 Å². The third-order valence-corrected chi connectivity index (χ3v) is 4.79. The molecule has 0 amide bonds. The first-order valence-corrected chi connectivity index (χ1v) is 7.63. The molecule has 2 heterocycles. The highest BCUT2D eigenvalue weighted by atomic mass is 32.2. The molecule has 94 valence electrons. The van der Waals surface area contributed by atoms with Gasteiger partial charge in [-0.3, -0.25) is 4.98 Å². The van der Waals surface area contributed by atoms with Gasteiger partial charge in [0.1, 0.15) is 0 Å². The smallest absolute Gasteiger partial charge is 0.0702 e. The zero-order valence-electron chi connectivity index (χ0n) is 10.4. The van der Waals surface area contributed by atoms with Gasteiger partial charge in [0.05, 0.1) is 5.52 Å². The molecule has 18 heavy (non-hydrogen) atoms. The highest BCUT2D eigenvalue weighted by Gasteiger charge is 2.14. The first-order valence-electron chi connectivity index (χ1n) is 6.58. The predicted octanol–water partition coefficient (Wildman–Crippen LogP) is 3.22.